The summed E-state index contributed by atoms with van der Waals surface area (Å²) in [6, 6.07) is 17.4. The van der Waals surface area contributed by atoms with Gasteiger partial charge in [0, 0.05) is 23.6 Å². The van der Waals surface area contributed by atoms with Crippen LogP contribution in [-0.4, -0.2) is 19.0 Å². The van der Waals surface area contributed by atoms with Gasteiger partial charge in [0.15, 0.2) is 0 Å². The highest BCUT2D eigenvalue weighted by Crippen LogP contribution is 2.19. The van der Waals surface area contributed by atoms with Crippen LogP contribution in [-0.2, 0) is 13.1 Å². The van der Waals surface area contributed by atoms with Crippen LogP contribution >= 0.6 is 15.9 Å². The fraction of sp³-hybridized carbons (Fsp3) is 0.333. The lowest BCUT2D eigenvalue weighted by Crippen LogP contribution is -2.20. The monoisotopic (exact) mass is 346 g/mol. The number of nitrogens with one attached hydrogen (secondary N) is 1. The number of nitrogens with zero attached hydrogens (tertiary/aromatic N) is 1. The number of halogens is 1. The summed E-state index contributed by atoms with van der Waals surface area (Å²) in [7, 11) is 4.21. The molecule has 2 nitrogen and oxygen atoms in total. The van der Waals surface area contributed by atoms with Gasteiger partial charge < -0.3 is 10.2 Å². The van der Waals surface area contributed by atoms with Crippen LogP contribution in [0.4, 0.5) is 0 Å². The highest BCUT2D eigenvalue weighted by atomic mass is 79.9. The molecule has 2 aromatic carbocycles. The van der Waals surface area contributed by atoms with E-state index in [0.29, 0.717) is 6.04 Å². The van der Waals surface area contributed by atoms with E-state index in [0.717, 1.165) is 17.6 Å². The van der Waals surface area contributed by atoms with Crippen molar-refractivity contribution in [2.75, 3.05) is 14.1 Å². The van der Waals surface area contributed by atoms with Crippen LogP contribution in [0, 0.1) is 0 Å². The summed E-state index contributed by atoms with van der Waals surface area (Å²) in [4.78, 5) is 2.20. The molecule has 0 bridgehead atoms. The summed E-state index contributed by atoms with van der Waals surface area (Å²) < 4.78 is 1.13. The van der Waals surface area contributed by atoms with Crippen molar-refractivity contribution in [2.24, 2.45) is 0 Å². The Hall–Kier alpha value is -1.16. The minimum absolute atomic E-state index is 0.329. The lowest BCUT2D eigenvalue weighted by molar-refractivity contribution is 0.400. The topological polar surface area (TPSA) is 15.3 Å². The number of rotatable bonds is 6. The molecule has 0 heterocycles. The Labute approximate surface area is 136 Å². The van der Waals surface area contributed by atoms with Crippen LogP contribution in [0.5, 0.6) is 0 Å². The Morgan fingerprint density at radius 2 is 1.76 bits per heavy atom. The van der Waals surface area contributed by atoms with Gasteiger partial charge in [0.25, 0.3) is 0 Å². The molecule has 0 aliphatic heterocycles. The summed E-state index contributed by atoms with van der Waals surface area (Å²) in [6.07, 6.45) is 0. The van der Waals surface area contributed by atoms with E-state index in [2.05, 4.69) is 95.7 Å². The third kappa shape index (κ3) is 4.95. The van der Waals surface area contributed by atoms with Crippen molar-refractivity contribution in [1.82, 2.24) is 10.2 Å². The predicted molar refractivity (Wildman–Crippen MR) is 93.2 cm³/mol. The fourth-order valence-electron chi connectivity index (χ4n) is 2.38. The van der Waals surface area contributed by atoms with Gasteiger partial charge in [-0.3, -0.25) is 0 Å². The molecule has 0 spiro atoms. The quantitative estimate of drug-likeness (QED) is 0.835. The van der Waals surface area contributed by atoms with Gasteiger partial charge in [-0.25, -0.2) is 0 Å². The molecule has 1 N–H and O–H groups in total. The molecule has 0 saturated carbocycles. The predicted octanol–water partition coefficient (Wildman–Crippen LogP) is 4.36. The van der Waals surface area contributed by atoms with E-state index < -0.39 is 0 Å². The van der Waals surface area contributed by atoms with Crippen LogP contribution < -0.4 is 5.32 Å². The van der Waals surface area contributed by atoms with E-state index in [9.17, 15) is 0 Å². The lowest BCUT2D eigenvalue weighted by Gasteiger charge is -2.18. The molecule has 2 aromatic rings. The summed E-state index contributed by atoms with van der Waals surface area (Å²) in [5.74, 6) is 0. The molecular weight excluding hydrogens is 324 g/mol. The third-order valence-corrected chi connectivity index (χ3v) is 4.05. The van der Waals surface area contributed by atoms with E-state index in [4.69, 9.17) is 0 Å². The molecule has 0 fully saturated rings. The second kappa shape index (κ2) is 7.74. The highest BCUT2D eigenvalue weighted by Gasteiger charge is 2.07. The first-order chi connectivity index (χ1) is 10.1. The van der Waals surface area contributed by atoms with Gasteiger partial charge in [0.2, 0.25) is 0 Å². The maximum Gasteiger partial charge on any atom is 0.0295 e. The zero-order chi connectivity index (χ0) is 15.2. The SMILES string of the molecule is CC(NCc1ccccc1CN(C)C)c1cccc(Br)c1. The molecule has 1 unspecified atom stereocenters. The molecule has 0 amide bonds. The van der Waals surface area contributed by atoms with Crippen LogP contribution in [0.15, 0.2) is 53.0 Å². The molecule has 1 atom stereocenters. The summed E-state index contributed by atoms with van der Waals surface area (Å²) in [5, 5.41) is 3.62. The molecule has 112 valence electrons. The van der Waals surface area contributed by atoms with E-state index >= 15 is 0 Å². The molecule has 21 heavy (non-hydrogen) atoms. The normalized spacial score (nSPS) is 12.6. The van der Waals surface area contributed by atoms with Crippen LogP contribution in [0.25, 0.3) is 0 Å². The molecule has 0 aliphatic rings. The largest absolute Gasteiger partial charge is 0.306 e. The number of hydrogen-bond acceptors (Lipinski definition) is 2. The Balaban J connectivity index is 2.02. The molecule has 0 radical (unpaired) electrons. The minimum Gasteiger partial charge on any atom is -0.306 e. The second-order valence-electron chi connectivity index (χ2n) is 5.66. The first-order valence-corrected chi connectivity index (χ1v) is 8.06. The minimum atomic E-state index is 0.329. The molecule has 0 aliphatic carbocycles. The maximum absolute atomic E-state index is 3.62. The Bertz CT molecular complexity index is 581. The Kier molecular flexibility index (Phi) is 5.97. The fourth-order valence-corrected chi connectivity index (χ4v) is 2.80. The van der Waals surface area contributed by atoms with Crippen molar-refractivity contribution in [3.63, 3.8) is 0 Å². The first-order valence-electron chi connectivity index (χ1n) is 7.26. The zero-order valence-electron chi connectivity index (χ0n) is 12.9. The standard InChI is InChI=1S/C18H23BrN2/c1-14(15-9-6-10-18(19)11-15)20-12-16-7-4-5-8-17(16)13-21(2)3/h4-11,14,20H,12-13H2,1-3H3. The van der Waals surface area contributed by atoms with Crippen molar-refractivity contribution < 1.29 is 0 Å². The van der Waals surface area contributed by atoms with Crippen LogP contribution in [0.3, 0.4) is 0 Å². The zero-order valence-corrected chi connectivity index (χ0v) is 14.5. The molecule has 3 heteroatoms. The average molecular weight is 347 g/mol. The summed E-state index contributed by atoms with van der Waals surface area (Å²) in [5.41, 5.74) is 4.05. The van der Waals surface area contributed by atoms with Gasteiger partial charge in [-0.1, -0.05) is 52.3 Å². The highest BCUT2D eigenvalue weighted by molar-refractivity contribution is 9.10. The Morgan fingerprint density at radius 3 is 2.43 bits per heavy atom. The molecule has 0 aromatic heterocycles. The van der Waals surface area contributed by atoms with Crippen LogP contribution in [0.2, 0.25) is 0 Å². The van der Waals surface area contributed by atoms with Gasteiger partial charge in [0.1, 0.15) is 0 Å². The number of benzene rings is 2. The van der Waals surface area contributed by atoms with Gasteiger partial charge in [0.05, 0.1) is 0 Å². The van der Waals surface area contributed by atoms with Gasteiger partial charge in [-0.05, 0) is 49.8 Å². The van der Waals surface area contributed by atoms with E-state index in [1.54, 1.807) is 0 Å². The molecule has 2 rings (SSSR count). The Morgan fingerprint density at radius 1 is 1.05 bits per heavy atom. The van der Waals surface area contributed by atoms with Crippen LogP contribution in [0.1, 0.15) is 29.7 Å². The van der Waals surface area contributed by atoms with Gasteiger partial charge in [-0.2, -0.15) is 0 Å². The molecule has 0 saturated heterocycles. The summed E-state index contributed by atoms with van der Waals surface area (Å²) >= 11 is 3.53. The van der Waals surface area contributed by atoms with Crippen molar-refractivity contribution in [2.45, 2.75) is 26.1 Å². The van der Waals surface area contributed by atoms with E-state index in [1.807, 2.05) is 0 Å². The van der Waals surface area contributed by atoms with Crippen molar-refractivity contribution >= 4 is 15.9 Å². The maximum atomic E-state index is 3.62. The van der Waals surface area contributed by atoms with E-state index in [-0.39, 0.29) is 0 Å². The van der Waals surface area contributed by atoms with Crippen molar-refractivity contribution in [3.8, 4) is 0 Å². The van der Waals surface area contributed by atoms with Crippen molar-refractivity contribution in [3.05, 3.63) is 69.7 Å². The summed E-state index contributed by atoms with van der Waals surface area (Å²) in [6.45, 7) is 4.07. The van der Waals surface area contributed by atoms with E-state index in [1.165, 1.54) is 16.7 Å². The van der Waals surface area contributed by atoms with Crippen molar-refractivity contribution in [1.29, 1.82) is 0 Å². The average Bonchev–Trinajstić information content (AvgIpc) is 2.45. The smallest absolute Gasteiger partial charge is 0.0295 e. The van der Waals surface area contributed by atoms with Gasteiger partial charge in [-0.15, -0.1) is 0 Å². The lowest BCUT2D eigenvalue weighted by atomic mass is 10.1. The molecular formula is C18H23BrN2. The number of hydrogen-bond donors (Lipinski definition) is 1. The van der Waals surface area contributed by atoms with Gasteiger partial charge >= 0.3 is 0 Å². The first kappa shape index (κ1) is 16.2. The second-order valence-corrected chi connectivity index (χ2v) is 6.58. The third-order valence-electron chi connectivity index (χ3n) is 3.55.